The van der Waals surface area contributed by atoms with Gasteiger partial charge >= 0.3 is 12.3 Å². The van der Waals surface area contributed by atoms with Crippen molar-refractivity contribution in [1.82, 2.24) is 4.90 Å². The molecule has 0 bridgehead atoms. The monoisotopic (exact) mass is 306 g/mol. The SMILES string of the molecule is CN(C)CCOc1ccc(NC(=O)OCC(F)(F)F)cc1. The molecule has 0 aliphatic rings. The largest absolute Gasteiger partial charge is 0.492 e. The number of nitrogens with zero attached hydrogens (tertiary/aromatic N) is 1. The van der Waals surface area contributed by atoms with Gasteiger partial charge in [0.15, 0.2) is 6.61 Å². The molecule has 0 aliphatic heterocycles. The van der Waals surface area contributed by atoms with Crippen LogP contribution in [-0.2, 0) is 4.74 Å². The second kappa shape index (κ2) is 7.72. The number of nitrogens with one attached hydrogen (secondary N) is 1. The van der Waals surface area contributed by atoms with Crippen LogP contribution in [0.15, 0.2) is 24.3 Å². The number of likely N-dealkylation sites (N-methyl/N-ethyl adjacent to an activating group) is 1. The number of amides is 1. The third-order valence-electron chi connectivity index (χ3n) is 2.27. The van der Waals surface area contributed by atoms with Crippen molar-refractivity contribution in [3.05, 3.63) is 24.3 Å². The van der Waals surface area contributed by atoms with Crippen molar-refractivity contribution >= 4 is 11.8 Å². The van der Waals surface area contributed by atoms with E-state index in [0.717, 1.165) is 6.54 Å². The van der Waals surface area contributed by atoms with Crippen LogP contribution < -0.4 is 10.1 Å². The zero-order valence-corrected chi connectivity index (χ0v) is 11.7. The van der Waals surface area contributed by atoms with Gasteiger partial charge in [-0.2, -0.15) is 13.2 Å². The Hall–Kier alpha value is -1.96. The van der Waals surface area contributed by atoms with Crippen molar-refractivity contribution in [3.63, 3.8) is 0 Å². The second-order valence-electron chi connectivity index (χ2n) is 4.49. The Balaban J connectivity index is 2.38. The molecule has 1 amide bonds. The number of anilines is 1. The van der Waals surface area contributed by atoms with E-state index in [1.807, 2.05) is 19.0 Å². The van der Waals surface area contributed by atoms with Crippen molar-refractivity contribution in [2.45, 2.75) is 6.18 Å². The molecule has 1 N–H and O–H groups in total. The topological polar surface area (TPSA) is 50.8 Å². The molecule has 0 spiro atoms. The van der Waals surface area contributed by atoms with Crippen LogP contribution in [0.2, 0.25) is 0 Å². The maximum absolute atomic E-state index is 11.9. The van der Waals surface area contributed by atoms with Gasteiger partial charge in [-0.05, 0) is 38.4 Å². The van der Waals surface area contributed by atoms with Crippen molar-refractivity contribution < 1.29 is 27.4 Å². The van der Waals surface area contributed by atoms with Crippen LogP contribution in [0.1, 0.15) is 0 Å². The average molecular weight is 306 g/mol. The fourth-order valence-corrected chi connectivity index (χ4v) is 1.28. The summed E-state index contributed by atoms with van der Waals surface area (Å²) >= 11 is 0. The normalized spacial score (nSPS) is 11.3. The number of alkyl halides is 3. The summed E-state index contributed by atoms with van der Waals surface area (Å²) in [6, 6.07) is 6.24. The summed E-state index contributed by atoms with van der Waals surface area (Å²) in [6.45, 7) is -0.359. The predicted molar refractivity (Wildman–Crippen MR) is 71.5 cm³/mol. The molecule has 0 atom stereocenters. The molecular weight excluding hydrogens is 289 g/mol. The van der Waals surface area contributed by atoms with Gasteiger partial charge in [0.2, 0.25) is 0 Å². The number of benzene rings is 1. The van der Waals surface area contributed by atoms with Crippen LogP contribution in [0.5, 0.6) is 5.75 Å². The highest BCUT2D eigenvalue weighted by molar-refractivity contribution is 5.84. The molecule has 8 heteroatoms. The Morgan fingerprint density at radius 2 is 1.86 bits per heavy atom. The summed E-state index contributed by atoms with van der Waals surface area (Å²) < 4.78 is 45.0. The Morgan fingerprint density at radius 3 is 2.38 bits per heavy atom. The predicted octanol–water partition coefficient (Wildman–Crippen LogP) is 2.74. The summed E-state index contributed by atoms with van der Waals surface area (Å²) in [5.74, 6) is 0.603. The lowest BCUT2D eigenvalue weighted by molar-refractivity contribution is -0.159. The van der Waals surface area contributed by atoms with E-state index in [-0.39, 0.29) is 0 Å². The fraction of sp³-hybridized carbons (Fsp3) is 0.462. The van der Waals surface area contributed by atoms with Crippen LogP contribution in [-0.4, -0.2) is 51.0 Å². The number of hydrogen-bond donors (Lipinski definition) is 1. The van der Waals surface area contributed by atoms with Crippen molar-refractivity contribution in [2.24, 2.45) is 0 Å². The molecule has 0 aliphatic carbocycles. The molecule has 0 saturated heterocycles. The van der Waals surface area contributed by atoms with Gasteiger partial charge in [-0.25, -0.2) is 4.79 Å². The van der Waals surface area contributed by atoms with E-state index in [4.69, 9.17) is 4.74 Å². The summed E-state index contributed by atoms with van der Waals surface area (Å²) in [4.78, 5) is 13.1. The molecule has 1 aromatic carbocycles. The van der Waals surface area contributed by atoms with E-state index in [1.54, 1.807) is 12.1 Å². The number of ether oxygens (including phenoxy) is 2. The third kappa shape index (κ3) is 8.03. The van der Waals surface area contributed by atoms with Crippen molar-refractivity contribution in [2.75, 3.05) is 39.2 Å². The molecule has 0 heterocycles. The summed E-state index contributed by atoms with van der Waals surface area (Å²) in [7, 11) is 3.84. The van der Waals surface area contributed by atoms with Crippen molar-refractivity contribution in [3.8, 4) is 5.75 Å². The fourth-order valence-electron chi connectivity index (χ4n) is 1.28. The molecule has 1 aromatic rings. The van der Waals surface area contributed by atoms with Gasteiger partial charge in [-0.15, -0.1) is 0 Å². The minimum absolute atomic E-state index is 0.321. The van der Waals surface area contributed by atoms with Gasteiger partial charge in [0.05, 0.1) is 0 Å². The molecule has 0 radical (unpaired) electrons. The first-order valence-electron chi connectivity index (χ1n) is 6.14. The zero-order chi connectivity index (χ0) is 15.9. The average Bonchev–Trinajstić information content (AvgIpc) is 2.37. The van der Waals surface area contributed by atoms with Gasteiger partial charge in [-0.1, -0.05) is 0 Å². The quantitative estimate of drug-likeness (QED) is 0.878. The second-order valence-corrected chi connectivity index (χ2v) is 4.49. The Bertz CT molecular complexity index is 447. The first-order chi connectivity index (χ1) is 9.76. The summed E-state index contributed by atoms with van der Waals surface area (Å²) in [5.41, 5.74) is 0.321. The number of rotatable bonds is 6. The Morgan fingerprint density at radius 1 is 1.24 bits per heavy atom. The van der Waals surface area contributed by atoms with Gasteiger partial charge in [0.25, 0.3) is 0 Å². The molecule has 118 valence electrons. The standard InChI is InChI=1S/C13H17F3N2O3/c1-18(2)7-8-20-11-5-3-10(4-6-11)17-12(19)21-9-13(14,15)16/h3-6H,7-9H2,1-2H3,(H,17,19). The highest BCUT2D eigenvalue weighted by Crippen LogP contribution is 2.17. The van der Waals surface area contributed by atoms with E-state index >= 15 is 0 Å². The molecule has 0 unspecified atom stereocenters. The molecule has 5 nitrogen and oxygen atoms in total. The van der Waals surface area contributed by atoms with Gasteiger partial charge in [-0.3, -0.25) is 5.32 Å². The Labute approximate surface area is 120 Å². The van der Waals surface area contributed by atoms with E-state index < -0.39 is 18.9 Å². The molecular formula is C13H17F3N2O3. The van der Waals surface area contributed by atoms with Gasteiger partial charge in [0.1, 0.15) is 12.4 Å². The first kappa shape index (κ1) is 17.1. The molecule has 0 aromatic heterocycles. The summed E-state index contributed by atoms with van der Waals surface area (Å²) in [6.07, 6.45) is -5.70. The highest BCUT2D eigenvalue weighted by Gasteiger charge is 2.29. The number of carbonyl (C=O) groups excluding carboxylic acids is 1. The first-order valence-corrected chi connectivity index (χ1v) is 6.14. The smallest absolute Gasteiger partial charge is 0.422 e. The van der Waals surface area contributed by atoms with E-state index in [9.17, 15) is 18.0 Å². The number of hydrogen-bond acceptors (Lipinski definition) is 4. The third-order valence-corrected chi connectivity index (χ3v) is 2.27. The highest BCUT2D eigenvalue weighted by atomic mass is 19.4. The van der Waals surface area contributed by atoms with Crippen LogP contribution in [0.25, 0.3) is 0 Å². The molecule has 0 fully saturated rings. The lowest BCUT2D eigenvalue weighted by Crippen LogP contribution is -2.23. The maximum atomic E-state index is 11.9. The van der Waals surface area contributed by atoms with Gasteiger partial charge < -0.3 is 14.4 Å². The molecule has 0 saturated carbocycles. The minimum Gasteiger partial charge on any atom is -0.492 e. The van der Waals surface area contributed by atoms with E-state index in [0.29, 0.717) is 18.0 Å². The maximum Gasteiger partial charge on any atom is 0.422 e. The van der Waals surface area contributed by atoms with Crippen LogP contribution in [0.3, 0.4) is 0 Å². The lowest BCUT2D eigenvalue weighted by Gasteiger charge is -2.12. The van der Waals surface area contributed by atoms with Crippen molar-refractivity contribution in [1.29, 1.82) is 0 Å². The molecule has 21 heavy (non-hydrogen) atoms. The molecule has 1 rings (SSSR count). The van der Waals surface area contributed by atoms with E-state index in [1.165, 1.54) is 12.1 Å². The van der Waals surface area contributed by atoms with E-state index in [2.05, 4.69) is 10.1 Å². The lowest BCUT2D eigenvalue weighted by atomic mass is 10.3. The number of halogens is 3. The van der Waals surface area contributed by atoms with Gasteiger partial charge in [0, 0.05) is 12.2 Å². The Kier molecular flexibility index (Phi) is 6.29. The van der Waals surface area contributed by atoms with Crippen LogP contribution in [0, 0.1) is 0 Å². The minimum atomic E-state index is -4.54. The summed E-state index contributed by atoms with van der Waals surface area (Å²) in [5, 5.41) is 2.19. The number of carbonyl (C=O) groups is 1. The van der Waals surface area contributed by atoms with Crippen LogP contribution >= 0.6 is 0 Å². The van der Waals surface area contributed by atoms with Crippen LogP contribution in [0.4, 0.5) is 23.7 Å². The zero-order valence-electron chi connectivity index (χ0n) is 11.7.